The summed E-state index contributed by atoms with van der Waals surface area (Å²) in [6.07, 6.45) is 0. The maximum atomic E-state index is 11.9. The minimum absolute atomic E-state index is 0.144. The topological polar surface area (TPSA) is 60.7 Å². The average Bonchev–Trinajstić information content (AvgIpc) is 2.90. The summed E-state index contributed by atoms with van der Waals surface area (Å²) in [5.41, 5.74) is 7.02. The van der Waals surface area contributed by atoms with Crippen molar-refractivity contribution < 1.29 is 15.3 Å². The van der Waals surface area contributed by atoms with E-state index in [1.165, 1.54) is 0 Å². The first-order chi connectivity index (χ1) is 17.9. The molecule has 0 aliphatic rings. The molecular weight excluding hydrogens is 456 g/mol. The minimum atomic E-state index is -0.384. The van der Waals surface area contributed by atoms with Crippen molar-refractivity contribution in [3.05, 3.63) is 160 Å². The SMILES string of the molecule is Cc1ccc(C(c2ccccc2O)c2cccc(C(c3ccc(C)cc3)c3ccccc3O)c2O)cc1. The standard InChI is InChI=1S/C34H30O3/c1-22-14-18-24(19-15-22)32(26-8-3-5-12-30(26)35)28-10-7-11-29(34(28)37)33(25-20-16-23(2)17-21-25)27-9-4-6-13-31(27)36/h3-21,32-33,35-37H,1-2H3. The lowest BCUT2D eigenvalue weighted by molar-refractivity contribution is 0.450. The van der Waals surface area contributed by atoms with Gasteiger partial charge in [0, 0.05) is 34.1 Å². The highest BCUT2D eigenvalue weighted by Crippen LogP contribution is 2.46. The normalized spacial score (nSPS) is 12.7. The van der Waals surface area contributed by atoms with Crippen LogP contribution in [0.3, 0.4) is 0 Å². The van der Waals surface area contributed by atoms with Gasteiger partial charge in [-0.05, 0) is 37.1 Å². The van der Waals surface area contributed by atoms with E-state index in [1.54, 1.807) is 24.3 Å². The van der Waals surface area contributed by atoms with Gasteiger partial charge in [-0.1, -0.05) is 114 Å². The third-order valence-corrected chi connectivity index (χ3v) is 7.04. The fourth-order valence-electron chi connectivity index (χ4n) is 5.08. The van der Waals surface area contributed by atoms with Crippen LogP contribution in [0.15, 0.2) is 115 Å². The van der Waals surface area contributed by atoms with Crippen LogP contribution in [0.25, 0.3) is 0 Å². The Labute approximate surface area is 218 Å². The molecule has 0 saturated heterocycles. The molecule has 0 aromatic heterocycles. The van der Waals surface area contributed by atoms with E-state index >= 15 is 0 Å². The van der Waals surface area contributed by atoms with Gasteiger partial charge in [0.1, 0.15) is 17.2 Å². The Balaban J connectivity index is 1.74. The maximum Gasteiger partial charge on any atom is 0.123 e. The predicted octanol–water partition coefficient (Wildman–Crippen LogP) is 7.78. The molecule has 3 N–H and O–H groups in total. The number of aromatic hydroxyl groups is 3. The van der Waals surface area contributed by atoms with E-state index < -0.39 is 0 Å². The van der Waals surface area contributed by atoms with Crippen molar-refractivity contribution in [1.82, 2.24) is 0 Å². The van der Waals surface area contributed by atoms with Gasteiger partial charge < -0.3 is 15.3 Å². The van der Waals surface area contributed by atoms with Gasteiger partial charge in [0.15, 0.2) is 0 Å². The van der Waals surface area contributed by atoms with E-state index in [0.29, 0.717) is 22.3 Å². The molecule has 0 heterocycles. The van der Waals surface area contributed by atoms with E-state index in [1.807, 2.05) is 105 Å². The van der Waals surface area contributed by atoms with Gasteiger partial charge in [0.05, 0.1) is 0 Å². The summed E-state index contributed by atoms with van der Waals surface area (Å²) in [4.78, 5) is 0. The molecule has 2 atom stereocenters. The predicted molar refractivity (Wildman–Crippen MR) is 149 cm³/mol. The van der Waals surface area contributed by atoms with Gasteiger partial charge >= 0.3 is 0 Å². The van der Waals surface area contributed by atoms with Gasteiger partial charge in [-0.2, -0.15) is 0 Å². The first-order valence-electron chi connectivity index (χ1n) is 12.4. The van der Waals surface area contributed by atoms with Crippen LogP contribution in [0.2, 0.25) is 0 Å². The van der Waals surface area contributed by atoms with Gasteiger partial charge in [0.2, 0.25) is 0 Å². The van der Waals surface area contributed by atoms with Crippen LogP contribution in [0.1, 0.15) is 56.3 Å². The summed E-state index contributed by atoms with van der Waals surface area (Å²) < 4.78 is 0. The second-order valence-corrected chi connectivity index (χ2v) is 9.59. The Hall–Kier alpha value is -4.50. The number of para-hydroxylation sites is 3. The van der Waals surface area contributed by atoms with E-state index in [0.717, 1.165) is 22.3 Å². The molecule has 5 aromatic carbocycles. The Morgan fingerprint density at radius 1 is 0.405 bits per heavy atom. The van der Waals surface area contributed by atoms with Crippen molar-refractivity contribution in [3.8, 4) is 17.2 Å². The monoisotopic (exact) mass is 486 g/mol. The Morgan fingerprint density at radius 3 is 1.14 bits per heavy atom. The third-order valence-electron chi connectivity index (χ3n) is 7.04. The molecule has 2 unspecified atom stereocenters. The zero-order chi connectivity index (χ0) is 25.9. The van der Waals surface area contributed by atoms with Crippen molar-refractivity contribution in [2.75, 3.05) is 0 Å². The first-order valence-corrected chi connectivity index (χ1v) is 12.4. The van der Waals surface area contributed by atoms with Crippen molar-refractivity contribution in [1.29, 1.82) is 0 Å². The zero-order valence-electron chi connectivity index (χ0n) is 21.0. The number of phenolic OH excluding ortho intramolecular Hbond substituents is 3. The summed E-state index contributed by atoms with van der Waals surface area (Å²) >= 11 is 0. The summed E-state index contributed by atoms with van der Waals surface area (Å²) in [5.74, 6) is -0.276. The maximum absolute atomic E-state index is 11.9. The Morgan fingerprint density at radius 2 is 0.757 bits per heavy atom. The number of benzene rings is 5. The third kappa shape index (κ3) is 4.81. The molecule has 0 amide bonds. The number of hydrogen-bond donors (Lipinski definition) is 3. The highest BCUT2D eigenvalue weighted by molar-refractivity contribution is 5.59. The number of phenols is 3. The van der Waals surface area contributed by atoms with Crippen molar-refractivity contribution in [2.24, 2.45) is 0 Å². The quantitative estimate of drug-likeness (QED) is 0.215. The van der Waals surface area contributed by atoms with Crippen LogP contribution < -0.4 is 0 Å². The van der Waals surface area contributed by atoms with Gasteiger partial charge in [-0.25, -0.2) is 0 Å². The summed E-state index contributed by atoms with van der Waals surface area (Å²) in [6.45, 7) is 4.07. The number of rotatable bonds is 6. The van der Waals surface area contributed by atoms with Crippen LogP contribution in [0.5, 0.6) is 17.2 Å². The van der Waals surface area contributed by atoms with Crippen molar-refractivity contribution in [3.63, 3.8) is 0 Å². The average molecular weight is 487 g/mol. The van der Waals surface area contributed by atoms with Crippen LogP contribution in [0, 0.1) is 13.8 Å². The molecule has 5 aromatic rings. The van der Waals surface area contributed by atoms with E-state index in [9.17, 15) is 15.3 Å². The Kier molecular flexibility index (Phi) is 6.70. The number of aryl methyl sites for hydroxylation is 2. The van der Waals surface area contributed by atoms with Crippen LogP contribution in [0.4, 0.5) is 0 Å². The largest absolute Gasteiger partial charge is 0.508 e. The fourth-order valence-corrected chi connectivity index (χ4v) is 5.08. The Bertz CT molecular complexity index is 1410. The fraction of sp³-hybridized carbons (Fsp3) is 0.118. The molecule has 0 spiro atoms. The van der Waals surface area contributed by atoms with Crippen LogP contribution >= 0.6 is 0 Å². The molecule has 0 aliphatic carbocycles. The number of hydrogen-bond acceptors (Lipinski definition) is 3. The molecule has 0 aliphatic heterocycles. The highest BCUT2D eigenvalue weighted by Gasteiger charge is 2.28. The van der Waals surface area contributed by atoms with Gasteiger partial charge in [-0.3, -0.25) is 0 Å². The molecule has 37 heavy (non-hydrogen) atoms. The lowest BCUT2D eigenvalue weighted by atomic mass is 9.79. The second kappa shape index (κ2) is 10.2. The molecule has 0 bridgehead atoms. The molecule has 0 fully saturated rings. The van der Waals surface area contributed by atoms with Crippen LogP contribution in [-0.2, 0) is 0 Å². The smallest absolute Gasteiger partial charge is 0.123 e. The zero-order valence-corrected chi connectivity index (χ0v) is 21.0. The van der Waals surface area contributed by atoms with Crippen molar-refractivity contribution in [2.45, 2.75) is 25.7 Å². The lowest BCUT2D eigenvalue weighted by Gasteiger charge is -2.26. The second-order valence-electron chi connectivity index (χ2n) is 9.59. The molecule has 3 heteroatoms. The molecule has 0 radical (unpaired) electrons. The van der Waals surface area contributed by atoms with Gasteiger partial charge in [0.25, 0.3) is 0 Å². The van der Waals surface area contributed by atoms with E-state index in [4.69, 9.17) is 0 Å². The minimum Gasteiger partial charge on any atom is -0.508 e. The molecule has 3 nitrogen and oxygen atoms in total. The van der Waals surface area contributed by atoms with E-state index in [-0.39, 0.29) is 29.1 Å². The van der Waals surface area contributed by atoms with Crippen LogP contribution in [-0.4, -0.2) is 15.3 Å². The summed E-state index contributed by atoms with van der Waals surface area (Å²) in [7, 11) is 0. The van der Waals surface area contributed by atoms with Gasteiger partial charge in [-0.15, -0.1) is 0 Å². The highest BCUT2D eigenvalue weighted by atomic mass is 16.3. The van der Waals surface area contributed by atoms with E-state index in [2.05, 4.69) is 0 Å². The molecule has 184 valence electrons. The lowest BCUT2D eigenvalue weighted by Crippen LogP contribution is -2.09. The summed E-state index contributed by atoms with van der Waals surface area (Å²) in [6, 6.07) is 36.6. The molecule has 5 rings (SSSR count). The molecular formula is C34H30O3. The van der Waals surface area contributed by atoms with Crippen molar-refractivity contribution >= 4 is 0 Å². The molecule has 0 saturated carbocycles. The summed E-state index contributed by atoms with van der Waals surface area (Å²) in [5, 5.41) is 33.6. The first kappa shape index (κ1) is 24.2.